The third-order valence-corrected chi connectivity index (χ3v) is 5.06. The van der Waals surface area contributed by atoms with Crippen molar-refractivity contribution in [3.8, 4) is 0 Å². The second-order valence-corrected chi connectivity index (χ2v) is 6.32. The summed E-state index contributed by atoms with van der Waals surface area (Å²) < 4.78 is 0. The van der Waals surface area contributed by atoms with Crippen molar-refractivity contribution in [1.82, 2.24) is 9.88 Å². The van der Waals surface area contributed by atoms with Crippen molar-refractivity contribution in [2.45, 2.75) is 31.8 Å². The Morgan fingerprint density at radius 1 is 1.43 bits per heavy atom. The summed E-state index contributed by atoms with van der Waals surface area (Å²) in [6.45, 7) is 3.30. The van der Waals surface area contributed by atoms with Crippen molar-refractivity contribution >= 4 is 17.2 Å². The third kappa shape index (κ3) is 2.71. The molecule has 1 fully saturated rings. The molecule has 2 atom stereocenters. The van der Waals surface area contributed by atoms with Crippen LogP contribution >= 0.6 is 11.3 Å². The molecule has 5 heteroatoms. The van der Waals surface area contributed by atoms with E-state index >= 15 is 0 Å². The second kappa shape index (κ2) is 5.95. The Labute approximate surface area is 128 Å². The summed E-state index contributed by atoms with van der Waals surface area (Å²) in [5.41, 5.74) is 7.40. The first kappa shape index (κ1) is 14.2. The lowest BCUT2D eigenvalue weighted by Crippen LogP contribution is -2.35. The highest BCUT2D eigenvalue weighted by Gasteiger charge is 2.35. The van der Waals surface area contributed by atoms with E-state index in [1.54, 1.807) is 0 Å². The number of aromatic nitrogens is 1. The van der Waals surface area contributed by atoms with Gasteiger partial charge in [-0.1, -0.05) is 30.3 Å². The summed E-state index contributed by atoms with van der Waals surface area (Å²) in [5.74, 6) is 0.430. The number of carbonyl (C=O) groups is 1. The van der Waals surface area contributed by atoms with Crippen LogP contribution in [0.3, 0.4) is 0 Å². The maximum atomic E-state index is 12.6. The van der Waals surface area contributed by atoms with E-state index in [0.717, 1.165) is 18.0 Å². The van der Waals surface area contributed by atoms with E-state index in [9.17, 15) is 4.79 Å². The monoisotopic (exact) mass is 301 g/mol. The molecule has 1 aliphatic heterocycles. The van der Waals surface area contributed by atoms with Crippen LogP contribution in [0, 0.1) is 0 Å². The Hall–Kier alpha value is -1.72. The number of rotatable bonds is 3. The number of thiazole rings is 1. The maximum absolute atomic E-state index is 12.6. The Morgan fingerprint density at radius 3 is 2.86 bits per heavy atom. The van der Waals surface area contributed by atoms with Gasteiger partial charge in [-0.2, -0.15) is 0 Å². The zero-order valence-corrected chi connectivity index (χ0v) is 12.8. The average molecular weight is 301 g/mol. The highest BCUT2D eigenvalue weighted by Crippen LogP contribution is 2.34. The van der Waals surface area contributed by atoms with Gasteiger partial charge in [0.25, 0.3) is 5.91 Å². The highest BCUT2D eigenvalue weighted by atomic mass is 32.1. The standard InChI is InChI=1S/C16H19N3OS/c1-11-13(12-5-3-2-4-6-12)7-8-19(11)16(20)14-10-21-15(9-17)18-14/h2-6,10-11,13H,7-9,17H2,1H3. The van der Waals surface area contributed by atoms with Crippen LogP contribution in [0.25, 0.3) is 0 Å². The molecule has 21 heavy (non-hydrogen) atoms. The third-order valence-electron chi connectivity index (χ3n) is 4.19. The van der Waals surface area contributed by atoms with Gasteiger partial charge in [0.2, 0.25) is 0 Å². The van der Waals surface area contributed by atoms with Crippen LogP contribution in [0.2, 0.25) is 0 Å². The zero-order valence-electron chi connectivity index (χ0n) is 12.0. The molecule has 1 amide bonds. The van der Waals surface area contributed by atoms with Gasteiger partial charge in [-0.25, -0.2) is 4.98 Å². The molecule has 2 N–H and O–H groups in total. The van der Waals surface area contributed by atoms with E-state index < -0.39 is 0 Å². The van der Waals surface area contributed by atoms with Crippen molar-refractivity contribution in [3.63, 3.8) is 0 Å². The lowest BCUT2D eigenvalue weighted by molar-refractivity contribution is 0.0737. The fourth-order valence-corrected chi connectivity index (χ4v) is 3.67. The van der Waals surface area contributed by atoms with E-state index in [1.165, 1.54) is 16.9 Å². The first-order valence-corrected chi connectivity index (χ1v) is 8.09. The summed E-state index contributed by atoms with van der Waals surface area (Å²) in [7, 11) is 0. The first-order chi connectivity index (χ1) is 10.2. The predicted octanol–water partition coefficient (Wildman–Crippen LogP) is 2.62. The molecule has 2 unspecified atom stereocenters. The van der Waals surface area contributed by atoms with Crippen LogP contribution in [-0.2, 0) is 6.54 Å². The fourth-order valence-electron chi connectivity index (χ4n) is 3.02. The molecule has 1 aliphatic rings. The Kier molecular flexibility index (Phi) is 4.03. The Bertz CT molecular complexity index is 625. The minimum absolute atomic E-state index is 0.0249. The smallest absolute Gasteiger partial charge is 0.273 e. The molecule has 1 aromatic carbocycles. The number of nitrogens with zero attached hydrogens (tertiary/aromatic N) is 2. The van der Waals surface area contributed by atoms with Crippen LogP contribution in [0.1, 0.15) is 40.3 Å². The lowest BCUT2D eigenvalue weighted by atomic mass is 9.93. The molecule has 3 rings (SSSR count). The van der Waals surface area contributed by atoms with E-state index in [0.29, 0.717) is 18.2 Å². The van der Waals surface area contributed by atoms with Crippen molar-refractivity contribution in [2.75, 3.05) is 6.54 Å². The van der Waals surface area contributed by atoms with E-state index in [4.69, 9.17) is 5.73 Å². The molecule has 1 saturated heterocycles. The van der Waals surface area contributed by atoms with Gasteiger partial charge in [-0.3, -0.25) is 4.79 Å². The fraction of sp³-hybridized carbons (Fsp3) is 0.375. The van der Waals surface area contributed by atoms with E-state index in [1.807, 2.05) is 16.3 Å². The molecule has 2 aromatic rings. The number of nitrogens with two attached hydrogens (primary N) is 1. The number of amides is 1. The van der Waals surface area contributed by atoms with Gasteiger partial charge in [0.15, 0.2) is 0 Å². The number of hydrogen-bond acceptors (Lipinski definition) is 4. The van der Waals surface area contributed by atoms with E-state index in [2.05, 4.69) is 36.2 Å². The summed E-state index contributed by atoms with van der Waals surface area (Å²) >= 11 is 1.45. The minimum atomic E-state index is 0.0249. The average Bonchev–Trinajstić information content (AvgIpc) is 3.14. The van der Waals surface area contributed by atoms with Crippen LogP contribution < -0.4 is 5.73 Å². The molecular formula is C16H19N3OS. The van der Waals surface area contributed by atoms with Gasteiger partial charge in [-0.05, 0) is 18.9 Å². The van der Waals surface area contributed by atoms with Crippen molar-refractivity contribution in [3.05, 3.63) is 52.0 Å². The highest BCUT2D eigenvalue weighted by molar-refractivity contribution is 7.09. The molecule has 0 radical (unpaired) electrons. The topological polar surface area (TPSA) is 59.2 Å². The summed E-state index contributed by atoms with van der Waals surface area (Å²) in [4.78, 5) is 18.8. The normalized spacial score (nSPS) is 21.7. The van der Waals surface area contributed by atoms with Crippen LogP contribution in [0.5, 0.6) is 0 Å². The Morgan fingerprint density at radius 2 is 2.19 bits per heavy atom. The predicted molar refractivity (Wildman–Crippen MR) is 84.3 cm³/mol. The molecule has 110 valence electrons. The first-order valence-electron chi connectivity index (χ1n) is 7.21. The largest absolute Gasteiger partial charge is 0.334 e. The minimum Gasteiger partial charge on any atom is -0.334 e. The zero-order chi connectivity index (χ0) is 14.8. The lowest BCUT2D eigenvalue weighted by Gasteiger charge is -2.24. The maximum Gasteiger partial charge on any atom is 0.273 e. The summed E-state index contributed by atoms with van der Waals surface area (Å²) in [6, 6.07) is 10.6. The molecule has 1 aromatic heterocycles. The summed E-state index contributed by atoms with van der Waals surface area (Å²) in [6.07, 6.45) is 1.00. The van der Waals surface area contributed by atoms with Crippen molar-refractivity contribution < 1.29 is 4.79 Å². The number of carbonyl (C=O) groups excluding carboxylic acids is 1. The van der Waals surface area contributed by atoms with Crippen LogP contribution in [-0.4, -0.2) is 28.4 Å². The van der Waals surface area contributed by atoms with Gasteiger partial charge >= 0.3 is 0 Å². The SMILES string of the molecule is CC1C(c2ccccc2)CCN1C(=O)c1csc(CN)n1. The molecule has 0 saturated carbocycles. The molecule has 2 heterocycles. The van der Waals surface area contributed by atoms with Gasteiger partial charge < -0.3 is 10.6 Å². The summed E-state index contributed by atoms with van der Waals surface area (Å²) in [5, 5.41) is 2.62. The van der Waals surface area contributed by atoms with Gasteiger partial charge in [0.05, 0.1) is 0 Å². The van der Waals surface area contributed by atoms with E-state index in [-0.39, 0.29) is 11.9 Å². The Balaban J connectivity index is 1.77. The second-order valence-electron chi connectivity index (χ2n) is 5.38. The van der Waals surface area contributed by atoms with Crippen LogP contribution in [0.4, 0.5) is 0 Å². The molecule has 0 spiro atoms. The molecule has 4 nitrogen and oxygen atoms in total. The number of hydrogen-bond donors (Lipinski definition) is 1. The molecule has 0 bridgehead atoms. The van der Waals surface area contributed by atoms with Gasteiger partial charge in [-0.15, -0.1) is 11.3 Å². The van der Waals surface area contributed by atoms with Gasteiger partial charge in [0, 0.05) is 30.4 Å². The van der Waals surface area contributed by atoms with Crippen LogP contribution in [0.15, 0.2) is 35.7 Å². The van der Waals surface area contributed by atoms with Crippen molar-refractivity contribution in [1.29, 1.82) is 0 Å². The number of benzene rings is 1. The molecule has 0 aliphatic carbocycles. The van der Waals surface area contributed by atoms with Gasteiger partial charge in [0.1, 0.15) is 10.7 Å². The van der Waals surface area contributed by atoms with Crippen molar-refractivity contribution in [2.24, 2.45) is 5.73 Å². The molecular weight excluding hydrogens is 282 g/mol. The quantitative estimate of drug-likeness (QED) is 0.948. The number of likely N-dealkylation sites (tertiary alicyclic amines) is 1.